The predicted molar refractivity (Wildman–Crippen MR) is 78.0 cm³/mol. The molecule has 116 valence electrons. The van der Waals surface area contributed by atoms with Crippen LogP contribution >= 0.6 is 0 Å². The zero-order valence-electron chi connectivity index (χ0n) is 12.2. The second-order valence-electron chi connectivity index (χ2n) is 5.11. The van der Waals surface area contributed by atoms with Gasteiger partial charge in [-0.1, -0.05) is 6.42 Å². The lowest BCUT2D eigenvalue weighted by atomic mass is 10.0. The van der Waals surface area contributed by atoms with E-state index in [0.717, 1.165) is 19.3 Å². The number of nitrogens with zero attached hydrogens (tertiary/aromatic N) is 1. The molecular weight excluding hydrogens is 276 g/mol. The van der Waals surface area contributed by atoms with Crippen LogP contribution in [0, 0.1) is 16.0 Å². The maximum absolute atomic E-state index is 11.2. The molecule has 2 atom stereocenters. The average Bonchev–Trinajstić information content (AvgIpc) is 2.93. The lowest BCUT2D eigenvalue weighted by molar-refractivity contribution is -0.384. The van der Waals surface area contributed by atoms with E-state index in [-0.39, 0.29) is 24.3 Å². The Morgan fingerprint density at radius 1 is 1.33 bits per heavy atom. The molecule has 0 saturated heterocycles. The molecular formula is C14H20N2O5. The fourth-order valence-electron chi connectivity index (χ4n) is 2.78. The minimum absolute atomic E-state index is 0.0341. The number of methoxy groups -OCH3 is 2. The molecule has 0 spiro atoms. The molecule has 2 unspecified atom stereocenters. The maximum Gasteiger partial charge on any atom is 0.296 e. The van der Waals surface area contributed by atoms with Crippen LogP contribution in [0.25, 0.3) is 0 Å². The molecule has 2 N–H and O–H groups in total. The van der Waals surface area contributed by atoms with Gasteiger partial charge in [0.1, 0.15) is 5.69 Å². The molecule has 7 heteroatoms. The van der Waals surface area contributed by atoms with Crippen LogP contribution in [0.5, 0.6) is 11.5 Å². The van der Waals surface area contributed by atoms with Gasteiger partial charge in [-0.3, -0.25) is 10.1 Å². The molecule has 1 saturated carbocycles. The number of nitro groups is 1. The van der Waals surface area contributed by atoms with Crippen LogP contribution in [-0.4, -0.2) is 36.9 Å². The number of nitro benzene ring substituents is 1. The summed E-state index contributed by atoms with van der Waals surface area (Å²) in [5.74, 6) is 0.877. The van der Waals surface area contributed by atoms with Gasteiger partial charge in [0.05, 0.1) is 25.2 Å². The summed E-state index contributed by atoms with van der Waals surface area (Å²) in [4.78, 5) is 10.8. The van der Waals surface area contributed by atoms with Crippen LogP contribution in [0.2, 0.25) is 0 Å². The number of hydrogen-bond donors (Lipinski definition) is 2. The Bertz CT molecular complexity index is 520. The highest BCUT2D eigenvalue weighted by atomic mass is 16.6. The van der Waals surface area contributed by atoms with Gasteiger partial charge < -0.3 is 19.9 Å². The van der Waals surface area contributed by atoms with E-state index < -0.39 is 4.92 Å². The lowest BCUT2D eigenvalue weighted by Crippen LogP contribution is -2.26. The third-order valence-corrected chi connectivity index (χ3v) is 3.93. The first kappa shape index (κ1) is 15.4. The fourth-order valence-corrected chi connectivity index (χ4v) is 2.78. The Labute approximate surface area is 123 Å². The van der Waals surface area contributed by atoms with Gasteiger partial charge in [0, 0.05) is 24.6 Å². The van der Waals surface area contributed by atoms with E-state index in [2.05, 4.69) is 5.32 Å². The second kappa shape index (κ2) is 6.62. The first-order valence-corrected chi connectivity index (χ1v) is 6.88. The number of anilines is 1. The molecule has 0 radical (unpaired) electrons. The summed E-state index contributed by atoms with van der Waals surface area (Å²) in [7, 11) is 2.92. The van der Waals surface area contributed by atoms with Gasteiger partial charge in [0.2, 0.25) is 0 Å². The molecule has 7 nitrogen and oxygen atoms in total. The van der Waals surface area contributed by atoms with E-state index in [1.54, 1.807) is 6.07 Å². The van der Waals surface area contributed by atoms with Crippen molar-refractivity contribution in [1.82, 2.24) is 0 Å². The zero-order chi connectivity index (χ0) is 15.4. The molecule has 1 aliphatic rings. The van der Waals surface area contributed by atoms with Crippen molar-refractivity contribution in [2.24, 2.45) is 5.92 Å². The molecule has 1 aromatic carbocycles. The number of nitrogens with one attached hydrogen (secondary N) is 1. The number of aliphatic hydroxyl groups excluding tert-OH is 1. The first-order valence-electron chi connectivity index (χ1n) is 6.88. The smallest absolute Gasteiger partial charge is 0.296 e. The topological polar surface area (TPSA) is 93.9 Å². The fraction of sp³-hybridized carbons (Fsp3) is 0.571. The molecule has 0 bridgehead atoms. The normalized spacial score (nSPS) is 21.1. The molecule has 21 heavy (non-hydrogen) atoms. The molecule has 0 heterocycles. The second-order valence-corrected chi connectivity index (χ2v) is 5.11. The Morgan fingerprint density at radius 2 is 2.00 bits per heavy atom. The monoisotopic (exact) mass is 296 g/mol. The molecule has 1 aliphatic carbocycles. The standard InChI is InChI=1S/C14H20N2O5/c1-20-13-6-11(12(16(18)19)7-14(13)21-2)15-10-5-3-4-9(10)8-17/h6-7,9-10,15,17H,3-5,8H2,1-2H3. The minimum Gasteiger partial charge on any atom is -0.493 e. The van der Waals surface area contributed by atoms with Crippen molar-refractivity contribution in [3.05, 3.63) is 22.2 Å². The van der Waals surface area contributed by atoms with E-state index in [1.807, 2.05) is 0 Å². The molecule has 0 aliphatic heterocycles. The number of hydrogen-bond acceptors (Lipinski definition) is 6. The van der Waals surface area contributed by atoms with Crippen LogP contribution in [0.4, 0.5) is 11.4 Å². The van der Waals surface area contributed by atoms with Crippen LogP contribution in [-0.2, 0) is 0 Å². The Morgan fingerprint density at radius 3 is 2.57 bits per heavy atom. The van der Waals surface area contributed by atoms with Crippen LogP contribution in [0.15, 0.2) is 12.1 Å². The summed E-state index contributed by atoms with van der Waals surface area (Å²) in [5, 5.41) is 23.8. The van der Waals surface area contributed by atoms with Gasteiger partial charge in [-0.25, -0.2) is 0 Å². The van der Waals surface area contributed by atoms with Gasteiger partial charge >= 0.3 is 0 Å². The molecule has 0 aromatic heterocycles. The maximum atomic E-state index is 11.2. The van der Waals surface area contributed by atoms with Crippen molar-refractivity contribution in [2.75, 3.05) is 26.1 Å². The summed E-state index contributed by atoms with van der Waals surface area (Å²) >= 11 is 0. The summed E-state index contributed by atoms with van der Waals surface area (Å²) in [5.41, 5.74) is 0.333. The van der Waals surface area contributed by atoms with E-state index in [9.17, 15) is 15.2 Å². The predicted octanol–water partition coefficient (Wildman–Crippen LogP) is 2.18. The number of ether oxygens (including phenoxy) is 2. The SMILES string of the molecule is COc1cc(NC2CCCC2CO)c([N+](=O)[O-])cc1OC. The summed E-state index contributed by atoms with van der Waals surface area (Å²) < 4.78 is 10.3. The van der Waals surface area contributed by atoms with Crippen LogP contribution in [0.1, 0.15) is 19.3 Å². The Hall–Kier alpha value is -2.02. The Balaban J connectivity index is 2.34. The number of aliphatic hydroxyl groups is 1. The van der Waals surface area contributed by atoms with Gasteiger partial charge in [-0.15, -0.1) is 0 Å². The summed E-state index contributed by atoms with van der Waals surface area (Å²) in [6, 6.07) is 2.96. The first-order chi connectivity index (χ1) is 10.1. The molecule has 2 rings (SSSR count). The van der Waals surface area contributed by atoms with Gasteiger partial charge in [-0.05, 0) is 12.8 Å². The molecule has 0 amide bonds. The van der Waals surface area contributed by atoms with Crippen molar-refractivity contribution >= 4 is 11.4 Å². The van der Waals surface area contributed by atoms with Gasteiger partial charge in [-0.2, -0.15) is 0 Å². The summed E-state index contributed by atoms with van der Waals surface area (Å²) in [6.07, 6.45) is 2.82. The number of rotatable bonds is 6. The van der Waals surface area contributed by atoms with E-state index in [0.29, 0.717) is 17.2 Å². The molecule has 1 fully saturated rings. The highest BCUT2D eigenvalue weighted by molar-refractivity contribution is 5.69. The van der Waals surface area contributed by atoms with Crippen LogP contribution in [0.3, 0.4) is 0 Å². The van der Waals surface area contributed by atoms with Crippen molar-refractivity contribution in [1.29, 1.82) is 0 Å². The third-order valence-electron chi connectivity index (χ3n) is 3.93. The Kier molecular flexibility index (Phi) is 4.85. The molecule has 1 aromatic rings. The van der Waals surface area contributed by atoms with Crippen molar-refractivity contribution in [2.45, 2.75) is 25.3 Å². The average molecular weight is 296 g/mol. The van der Waals surface area contributed by atoms with Crippen LogP contribution < -0.4 is 14.8 Å². The quantitative estimate of drug-likeness (QED) is 0.617. The third kappa shape index (κ3) is 3.18. The summed E-state index contributed by atoms with van der Waals surface area (Å²) in [6.45, 7) is 0.0821. The van der Waals surface area contributed by atoms with E-state index in [1.165, 1.54) is 20.3 Å². The highest BCUT2D eigenvalue weighted by Crippen LogP contribution is 2.39. The highest BCUT2D eigenvalue weighted by Gasteiger charge is 2.29. The zero-order valence-corrected chi connectivity index (χ0v) is 12.2. The van der Waals surface area contributed by atoms with Crippen molar-refractivity contribution in [3.63, 3.8) is 0 Å². The van der Waals surface area contributed by atoms with Gasteiger partial charge in [0.25, 0.3) is 5.69 Å². The van der Waals surface area contributed by atoms with Crippen molar-refractivity contribution < 1.29 is 19.5 Å². The van der Waals surface area contributed by atoms with E-state index >= 15 is 0 Å². The largest absolute Gasteiger partial charge is 0.493 e. The lowest BCUT2D eigenvalue weighted by Gasteiger charge is -2.21. The van der Waals surface area contributed by atoms with Gasteiger partial charge in [0.15, 0.2) is 11.5 Å². The minimum atomic E-state index is -0.451. The van der Waals surface area contributed by atoms with Crippen molar-refractivity contribution in [3.8, 4) is 11.5 Å². The number of benzene rings is 1. The van der Waals surface area contributed by atoms with E-state index in [4.69, 9.17) is 9.47 Å².